The molecule has 0 unspecified atom stereocenters. The van der Waals surface area contributed by atoms with Gasteiger partial charge in [-0.05, 0) is 49.5 Å². The molecule has 0 N–H and O–H groups in total. The molecular formula is C32H20F7IrN6. The topological polar surface area (TPSA) is 78.6 Å². The summed E-state index contributed by atoms with van der Waals surface area (Å²) in [6, 6.07) is 20.8. The molecule has 6 nitrogen and oxygen atoms in total. The van der Waals surface area contributed by atoms with Gasteiger partial charge in [0.1, 0.15) is 0 Å². The van der Waals surface area contributed by atoms with Crippen molar-refractivity contribution in [2.45, 2.75) is 20.0 Å². The van der Waals surface area contributed by atoms with Crippen molar-refractivity contribution in [2.24, 2.45) is 0 Å². The molecule has 236 valence electrons. The van der Waals surface area contributed by atoms with E-state index in [1.165, 1.54) is 12.3 Å². The summed E-state index contributed by atoms with van der Waals surface area (Å²) in [5, 5.41) is 6.25. The molecule has 0 spiro atoms. The van der Waals surface area contributed by atoms with Crippen LogP contribution < -0.4 is 4.98 Å². The quantitative estimate of drug-likeness (QED) is 0.134. The molecule has 0 radical (unpaired) electrons. The smallest absolute Gasteiger partial charge is 0.352 e. The molecule has 6 aromatic rings. The summed E-state index contributed by atoms with van der Waals surface area (Å²) in [4.78, 5) is 15.1. The van der Waals surface area contributed by atoms with Gasteiger partial charge in [-0.15, -0.1) is 24.3 Å². The second-order valence-corrected chi connectivity index (χ2v) is 9.19. The van der Waals surface area contributed by atoms with Crippen molar-refractivity contribution in [2.75, 3.05) is 0 Å². The van der Waals surface area contributed by atoms with Gasteiger partial charge in [-0.1, -0.05) is 52.6 Å². The van der Waals surface area contributed by atoms with E-state index >= 15 is 0 Å². The van der Waals surface area contributed by atoms with Gasteiger partial charge in [-0.2, -0.15) is 13.2 Å². The number of alkyl halides is 3. The number of halogens is 7. The Hall–Kier alpha value is -4.81. The molecule has 0 saturated heterocycles. The zero-order valence-electron chi connectivity index (χ0n) is 23.7. The van der Waals surface area contributed by atoms with Gasteiger partial charge in [0.2, 0.25) is 0 Å². The fraction of sp³-hybridized carbons (Fsp3) is 0.0938. The van der Waals surface area contributed by atoms with Crippen LogP contribution in [0.1, 0.15) is 17.0 Å². The first-order valence-corrected chi connectivity index (χ1v) is 12.9. The minimum atomic E-state index is -4.57. The molecule has 0 amide bonds. The average molecular weight is 814 g/mol. The molecule has 0 fully saturated rings. The molecule has 0 bridgehead atoms. The van der Waals surface area contributed by atoms with Gasteiger partial charge in [0.25, 0.3) is 0 Å². The monoisotopic (exact) mass is 814 g/mol. The Morgan fingerprint density at radius 1 is 0.630 bits per heavy atom. The van der Waals surface area contributed by atoms with E-state index in [0.717, 1.165) is 35.4 Å². The first-order valence-electron chi connectivity index (χ1n) is 12.9. The zero-order valence-corrected chi connectivity index (χ0v) is 26.1. The first-order chi connectivity index (χ1) is 21.4. The second kappa shape index (κ2) is 16.0. The van der Waals surface area contributed by atoms with Gasteiger partial charge in [0, 0.05) is 47.7 Å². The molecule has 4 heterocycles. The van der Waals surface area contributed by atoms with Crippen LogP contribution in [0.2, 0.25) is 0 Å². The molecule has 0 atom stereocenters. The molecule has 0 saturated carbocycles. The van der Waals surface area contributed by atoms with E-state index in [-0.39, 0.29) is 42.8 Å². The fourth-order valence-corrected chi connectivity index (χ4v) is 3.59. The third-order valence-corrected chi connectivity index (χ3v) is 5.66. The Labute approximate surface area is 272 Å². The van der Waals surface area contributed by atoms with Crippen LogP contribution >= 0.6 is 0 Å². The van der Waals surface area contributed by atoms with Crippen molar-refractivity contribution < 1.29 is 50.8 Å². The summed E-state index contributed by atoms with van der Waals surface area (Å²) < 4.78 is 88.4. The Kier molecular flexibility index (Phi) is 12.4. The summed E-state index contributed by atoms with van der Waals surface area (Å²) in [6.45, 7) is 3.76. The van der Waals surface area contributed by atoms with Crippen LogP contribution in [-0.2, 0) is 26.3 Å². The Morgan fingerprint density at radius 2 is 1.13 bits per heavy atom. The maximum atomic E-state index is 13.4. The summed E-state index contributed by atoms with van der Waals surface area (Å²) in [6.07, 6.45) is 0.0432. The van der Waals surface area contributed by atoms with E-state index in [0.29, 0.717) is 11.4 Å². The Balaban J connectivity index is 0.000000186. The Bertz CT molecular complexity index is 1790. The molecule has 6 rings (SSSR count). The SMILES string of the molecule is Cc1ccnc(-c2[c-]cc(F)cc2F)c1.Cc1ccnc(-c2[c-]cc(F)cc2F)c1.FC(F)(F)c1nnc(-c2ccccn2)[n-]1.[Ir+3]. The van der Waals surface area contributed by atoms with E-state index in [1.807, 2.05) is 26.0 Å². The first kappa shape index (κ1) is 35.7. The van der Waals surface area contributed by atoms with E-state index < -0.39 is 35.3 Å². The average Bonchev–Trinajstić information content (AvgIpc) is 3.50. The summed E-state index contributed by atoms with van der Waals surface area (Å²) in [5.74, 6) is -3.93. The van der Waals surface area contributed by atoms with E-state index in [2.05, 4.69) is 42.3 Å². The van der Waals surface area contributed by atoms with Crippen molar-refractivity contribution in [1.82, 2.24) is 30.1 Å². The number of aromatic nitrogens is 6. The van der Waals surface area contributed by atoms with Gasteiger partial charge < -0.3 is 25.1 Å². The summed E-state index contributed by atoms with van der Waals surface area (Å²) in [5.41, 5.74) is 3.52. The number of hydrogen-bond acceptors (Lipinski definition) is 5. The summed E-state index contributed by atoms with van der Waals surface area (Å²) >= 11 is 0. The van der Waals surface area contributed by atoms with Crippen molar-refractivity contribution in [3.8, 4) is 34.0 Å². The van der Waals surface area contributed by atoms with Crippen molar-refractivity contribution >= 4 is 0 Å². The van der Waals surface area contributed by atoms with Crippen molar-refractivity contribution in [3.63, 3.8) is 0 Å². The largest absolute Gasteiger partial charge is 3.00 e. The maximum Gasteiger partial charge on any atom is 3.00 e. The summed E-state index contributed by atoms with van der Waals surface area (Å²) in [7, 11) is 0. The molecule has 0 aliphatic carbocycles. The second-order valence-electron chi connectivity index (χ2n) is 9.19. The predicted molar refractivity (Wildman–Crippen MR) is 150 cm³/mol. The van der Waals surface area contributed by atoms with E-state index in [4.69, 9.17) is 0 Å². The Morgan fingerprint density at radius 3 is 1.52 bits per heavy atom. The molecule has 2 aromatic carbocycles. The van der Waals surface area contributed by atoms with Crippen LogP contribution in [0.15, 0.2) is 85.3 Å². The third kappa shape index (κ3) is 9.85. The van der Waals surface area contributed by atoms with Gasteiger partial charge in [0.05, 0.1) is 11.5 Å². The van der Waals surface area contributed by atoms with Gasteiger partial charge in [0.15, 0.2) is 0 Å². The maximum absolute atomic E-state index is 13.4. The predicted octanol–water partition coefficient (Wildman–Crippen LogP) is 7.78. The van der Waals surface area contributed by atoms with Crippen LogP contribution in [-0.4, -0.2) is 25.1 Å². The van der Waals surface area contributed by atoms with Gasteiger partial charge >= 0.3 is 26.3 Å². The van der Waals surface area contributed by atoms with Crippen molar-refractivity contribution in [3.05, 3.63) is 138 Å². The molecular weight excluding hydrogens is 794 g/mol. The van der Waals surface area contributed by atoms with Crippen LogP contribution in [0, 0.1) is 49.2 Å². The normalized spacial score (nSPS) is 10.5. The van der Waals surface area contributed by atoms with Crippen LogP contribution in [0.25, 0.3) is 34.0 Å². The third-order valence-electron chi connectivity index (χ3n) is 5.66. The van der Waals surface area contributed by atoms with Crippen LogP contribution in [0.3, 0.4) is 0 Å². The molecule has 0 aliphatic heterocycles. The molecule has 46 heavy (non-hydrogen) atoms. The van der Waals surface area contributed by atoms with Crippen LogP contribution in [0.4, 0.5) is 30.7 Å². The van der Waals surface area contributed by atoms with Crippen LogP contribution in [0.5, 0.6) is 0 Å². The van der Waals surface area contributed by atoms with E-state index in [9.17, 15) is 30.7 Å². The minimum absolute atomic E-state index is 0. The zero-order chi connectivity index (χ0) is 32.6. The fourth-order valence-electron chi connectivity index (χ4n) is 3.59. The molecule has 4 aromatic heterocycles. The van der Waals surface area contributed by atoms with E-state index in [1.54, 1.807) is 36.7 Å². The standard InChI is InChI=1S/2C12H8F2N.C8H4F3N4.Ir/c2*1-8-4-5-15-12(6-8)10-3-2-9(13)7-11(10)14;9-8(10,11)7-13-6(14-15-7)5-3-1-2-4-12-5;/h2*2,4-7H,1H3;1-4H;/q3*-1;+3. The minimum Gasteiger partial charge on any atom is -0.352 e. The van der Waals surface area contributed by atoms with Crippen molar-refractivity contribution in [1.29, 1.82) is 0 Å². The number of nitrogens with zero attached hydrogens (tertiary/aromatic N) is 6. The number of benzene rings is 2. The number of pyridine rings is 3. The number of aryl methyl sites for hydroxylation is 2. The number of hydrogen-bond donors (Lipinski definition) is 0. The molecule has 14 heteroatoms. The molecule has 0 aliphatic rings. The van der Waals surface area contributed by atoms with Gasteiger partial charge in [-0.25, -0.2) is 0 Å². The number of rotatable bonds is 3. The van der Waals surface area contributed by atoms with Gasteiger partial charge in [-0.3, -0.25) is 22.5 Å².